The molecule has 0 aromatic carbocycles. The van der Waals surface area contributed by atoms with Crippen molar-refractivity contribution in [3.8, 4) is 17.5 Å². The largest absolute Gasteiger partial charge is 0.318 e. The van der Waals surface area contributed by atoms with E-state index >= 15 is 0 Å². The summed E-state index contributed by atoms with van der Waals surface area (Å²) in [7, 11) is 1.82. The summed E-state index contributed by atoms with van der Waals surface area (Å²) < 4.78 is 1.76. The van der Waals surface area contributed by atoms with Gasteiger partial charge in [-0.05, 0) is 12.1 Å². The van der Waals surface area contributed by atoms with Gasteiger partial charge < -0.3 is 4.57 Å². The minimum absolute atomic E-state index is 0.215. The molecule has 0 N–H and O–H groups in total. The zero-order valence-electron chi connectivity index (χ0n) is 8.68. The fraction of sp³-hybridized carbons (Fsp3) is 0.182. The number of hydrogen-bond acceptors (Lipinski definition) is 3. The number of rotatable bonds is 2. The lowest BCUT2D eigenvalue weighted by Gasteiger charge is -2.00. The molecule has 0 unspecified atom stereocenters. The molecule has 0 aliphatic rings. The topological polar surface area (TPSA) is 54.5 Å². The third-order valence-electron chi connectivity index (χ3n) is 2.26. The van der Waals surface area contributed by atoms with Crippen molar-refractivity contribution in [1.29, 1.82) is 5.26 Å². The van der Waals surface area contributed by atoms with Gasteiger partial charge in [0, 0.05) is 25.0 Å². The lowest BCUT2D eigenvalue weighted by molar-refractivity contribution is 0.923. The van der Waals surface area contributed by atoms with Crippen molar-refractivity contribution in [2.75, 3.05) is 0 Å². The summed E-state index contributed by atoms with van der Waals surface area (Å²) >= 11 is 6.07. The van der Waals surface area contributed by atoms with Crippen LogP contribution in [-0.2, 0) is 13.5 Å². The Kier molecular flexibility index (Phi) is 2.88. The van der Waals surface area contributed by atoms with Crippen molar-refractivity contribution in [1.82, 2.24) is 14.5 Å². The van der Waals surface area contributed by atoms with Crippen LogP contribution in [0.1, 0.15) is 5.69 Å². The van der Waals surface area contributed by atoms with Crippen LogP contribution in [-0.4, -0.2) is 14.5 Å². The predicted molar refractivity (Wildman–Crippen MR) is 60.8 cm³/mol. The van der Waals surface area contributed by atoms with Crippen LogP contribution < -0.4 is 0 Å². The molecule has 4 nitrogen and oxygen atoms in total. The van der Waals surface area contributed by atoms with Crippen LogP contribution in [0.25, 0.3) is 11.4 Å². The molecule has 80 valence electrons. The van der Waals surface area contributed by atoms with Crippen LogP contribution in [0.5, 0.6) is 0 Å². The number of nitriles is 1. The number of hydrogen-bond donors (Lipinski definition) is 0. The van der Waals surface area contributed by atoms with Crippen molar-refractivity contribution in [2.45, 2.75) is 6.42 Å². The molecule has 0 atom stereocenters. The first-order valence-electron chi connectivity index (χ1n) is 4.72. The first-order chi connectivity index (χ1) is 7.74. The van der Waals surface area contributed by atoms with Gasteiger partial charge in [0.25, 0.3) is 0 Å². The maximum Gasteiger partial charge on any atom is 0.142 e. The molecule has 0 aliphatic carbocycles. The average Bonchev–Trinajstić information content (AvgIpc) is 2.59. The summed E-state index contributed by atoms with van der Waals surface area (Å²) in [4.78, 5) is 8.36. The number of nitrogens with zero attached hydrogens (tertiary/aromatic N) is 4. The van der Waals surface area contributed by atoms with Crippen molar-refractivity contribution >= 4 is 11.6 Å². The molecule has 0 bridgehead atoms. The van der Waals surface area contributed by atoms with E-state index in [9.17, 15) is 0 Å². The van der Waals surface area contributed by atoms with Gasteiger partial charge in [0.2, 0.25) is 0 Å². The average molecular weight is 233 g/mol. The molecule has 0 saturated carbocycles. The standard InChI is InChI=1S/C11H9ClN4/c1-16-10(12)9(4-5-13)15-11(16)8-3-2-6-14-7-8/h2-3,6-7H,4H2,1H3. The number of pyridine rings is 1. The van der Waals surface area contributed by atoms with Crippen molar-refractivity contribution in [3.05, 3.63) is 35.4 Å². The summed E-state index contributed by atoms with van der Waals surface area (Å²) in [6.07, 6.45) is 3.63. The molecule has 0 saturated heterocycles. The van der Waals surface area contributed by atoms with Crippen molar-refractivity contribution < 1.29 is 0 Å². The van der Waals surface area contributed by atoms with Crippen LogP contribution in [0.15, 0.2) is 24.5 Å². The molecular weight excluding hydrogens is 224 g/mol. The predicted octanol–water partition coefficient (Wildman–Crippen LogP) is 2.20. The highest BCUT2D eigenvalue weighted by atomic mass is 35.5. The Morgan fingerprint density at radius 3 is 3.00 bits per heavy atom. The van der Waals surface area contributed by atoms with E-state index in [-0.39, 0.29) is 6.42 Å². The minimum atomic E-state index is 0.215. The van der Waals surface area contributed by atoms with Gasteiger partial charge in [-0.2, -0.15) is 5.26 Å². The maximum atomic E-state index is 8.64. The Balaban J connectivity index is 2.52. The van der Waals surface area contributed by atoms with Crippen LogP contribution in [0.3, 0.4) is 0 Å². The monoisotopic (exact) mass is 232 g/mol. The summed E-state index contributed by atoms with van der Waals surface area (Å²) in [5.41, 5.74) is 1.49. The normalized spacial score (nSPS) is 10.1. The fourth-order valence-corrected chi connectivity index (χ4v) is 1.67. The lowest BCUT2D eigenvalue weighted by atomic mass is 10.3. The van der Waals surface area contributed by atoms with Crippen molar-refractivity contribution in [2.24, 2.45) is 7.05 Å². The van der Waals surface area contributed by atoms with Gasteiger partial charge in [-0.25, -0.2) is 4.98 Å². The summed E-state index contributed by atoms with van der Waals surface area (Å²) in [5, 5.41) is 9.14. The molecule has 2 heterocycles. The van der Waals surface area contributed by atoms with E-state index in [0.29, 0.717) is 10.8 Å². The second-order valence-electron chi connectivity index (χ2n) is 3.31. The Labute approximate surface area is 98.1 Å². The van der Waals surface area contributed by atoms with E-state index < -0.39 is 0 Å². The highest BCUT2D eigenvalue weighted by Gasteiger charge is 2.13. The van der Waals surface area contributed by atoms with Gasteiger partial charge in [-0.1, -0.05) is 11.6 Å². The Hall–Kier alpha value is -1.86. The quantitative estimate of drug-likeness (QED) is 0.798. The molecule has 0 fully saturated rings. The smallest absolute Gasteiger partial charge is 0.142 e. The molecule has 16 heavy (non-hydrogen) atoms. The zero-order chi connectivity index (χ0) is 11.5. The van der Waals surface area contributed by atoms with E-state index in [1.165, 1.54) is 0 Å². The Morgan fingerprint density at radius 2 is 2.38 bits per heavy atom. The first kappa shape index (κ1) is 10.7. The van der Waals surface area contributed by atoms with Gasteiger partial charge in [0.15, 0.2) is 0 Å². The Bertz CT molecular complexity index is 539. The van der Waals surface area contributed by atoms with Crippen LogP contribution in [0, 0.1) is 11.3 Å². The van der Waals surface area contributed by atoms with Gasteiger partial charge in [-0.3, -0.25) is 4.98 Å². The SMILES string of the molecule is Cn1c(-c2cccnc2)nc(CC#N)c1Cl. The maximum absolute atomic E-state index is 8.64. The number of halogens is 1. The molecule has 2 aromatic rings. The molecule has 0 spiro atoms. The fourth-order valence-electron chi connectivity index (χ4n) is 1.48. The van der Waals surface area contributed by atoms with E-state index in [4.69, 9.17) is 16.9 Å². The molecule has 2 rings (SSSR count). The van der Waals surface area contributed by atoms with E-state index in [2.05, 4.69) is 9.97 Å². The first-order valence-corrected chi connectivity index (χ1v) is 5.10. The number of imidazole rings is 1. The molecule has 5 heteroatoms. The minimum Gasteiger partial charge on any atom is -0.318 e. The molecule has 0 radical (unpaired) electrons. The summed E-state index contributed by atoms with van der Waals surface area (Å²) in [5.74, 6) is 0.725. The van der Waals surface area contributed by atoms with Gasteiger partial charge in [0.05, 0.1) is 18.2 Å². The van der Waals surface area contributed by atoms with E-state index in [1.807, 2.05) is 25.2 Å². The molecule has 0 aliphatic heterocycles. The number of aromatic nitrogens is 3. The highest BCUT2D eigenvalue weighted by Crippen LogP contribution is 2.24. The lowest BCUT2D eigenvalue weighted by Crippen LogP contribution is -1.92. The summed E-state index contributed by atoms with van der Waals surface area (Å²) in [6, 6.07) is 5.78. The van der Waals surface area contributed by atoms with E-state index in [0.717, 1.165) is 11.4 Å². The highest BCUT2D eigenvalue weighted by molar-refractivity contribution is 6.30. The third-order valence-corrected chi connectivity index (χ3v) is 2.73. The van der Waals surface area contributed by atoms with Gasteiger partial charge >= 0.3 is 0 Å². The Morgan fingerprint density at radius 1 is 1.56 bits per heavy atom. The second kappa shape index (κ2) is 4.33. The molecular formula is C11H9ClN4. The van der Waals surface area contributed by atoms with Crippen molar-refractivity contribution in [3.63, 3.8) is 0 Å². The van der Waals surface area contributed by atoms with Gasteiger partial charge in [-0.15, -0.1) is 0 Å². The zero-order valence-corrected chi connectivity index (χ0v) is 9.44. The van der Waals surface area contributed by atoms with Crippen LogP contribution in [0.2, 0.25) is 5.15 Å². The molecule has 0 amide bonds. The van der Waals surface area contributed by atoms with Crippen LogP contribution >= 0.6 is 11.6 Å². The van der Waals surface area contributed by atoms with E-state index in [1.54, 1.807) is 17.0 Å². The van der Waals surface area contributed by atoms with Gasteiger partial charge in [0.1, 0.15) is 11.0 Å². The second-order valence-corrected chi connectivity index (χ2v) is 3.67. The molecule has 2 aromatic heterocycles. The third kappa shape index (κ3) is 1.77. The summed E-state index contributed by atoms with van der Waals surface area (Å²) in [6.45, 7) is 0. The van der Waals surface area contributed by atoms with Crippen LogP contribution in [0.4, 0.5) is 0 Å².